The molecular weight excluding hydrogens is 246 g/mol. The minimum atomic E-state index is -0.392. The van der Waals surface area contributed by atoms with Crippen LogP contribution in [0, 0.1) is 0 Å². The van der Waals surface area contributed by atoms with Gasteiger partial charge < -0.3 is 0 Å². The summed E-state index contributed by atoms with van der Waals surface area (Å²) in [5.41, 5.74) is 0.728. The zero-order valence-electron chi connectivity index (χ0n) is 12.8. The SMILES string of the molecule is CCC(C)(C(=O)Cc1cccc2ccccc12)N(C)C. The molecule has 0 amide bonds. The van der Waals surface area contributed by atoms with Gasteiger partial charge in [0, 0.05) is 6.42 Å². The first-order chi connectivity index (χ1) is 9.49. The minimum Gasteiger partial charge on any atom is -0.297 e. The van der Waals surface area contributed by atoms with Crippen LogP contribution in [0.3, 0.4) is 0 Å². The van der Waals surface area contributed by atoms with E-state index in [0.717, 1.165) is 12.0 Å². The van der Waals surface area contributed by atoms with Crippen molar-refractivity contribution in [2.75, 3.05) is 14.1 Å². The van der Waals surface area contributed by atoms with E-state index in [1.807, 2.05) is 44.1 Å². The summed E-state index contributed by atoms with van der Waals surface area (Å²) in [5, 5.41) is 2.38. The third-order valence-electron chi connectivity index (χ3n) is 4.51. The van der Waals surface area contributed by atoms with Gasteiger partial charge in [0.25, 0.3) is 0 Å². The van der Waals surface area contributed by atoms with Crippen LogP contribution in [-0.4, -0.2) is 30.3 Å². The zero-order chi connectivity index (χ0) is 14.8. The molecule has 0 spiro atoms. The van der Waals surface area contributed by atoms with Gasteiger partial charge in [-0.25, -0.2) is 0 Å². The van der Waals surface area contributed by atoms with E-state index in [2.05, 4.69) is 31.2 Å². The Morgan fingerprint density at radius 1 is 1.10 bits per heavy atom. The Morgan fingerprint density at radius 2 is 1.75 bits per heavy atom. The quantitative estimate of drug-likeness (QED) is 0.825. The van der Waals surface area contributed by atoms with Crippen molar-refractivity contribution in [3.05, 3.63) is 48.0 Å². The number of nitrogens with zero attached hydrogens (tertiary/aromatic N) is 1. The zero-order valence-corrected chi connectivity index (χ0v) is 12.8. The first kappa shape index (κ1) is 14.7. The van der Waals surface area contributed by atoms with E-state index in [-0.39, 0.29) is 5.78 Å². The molecule has 0 fully saturated rings. The van der Waals surface area contributed by atoms with Crippen molar-refractivity contribution in [1.82, 2.24) is 4.90 Å². The number of benzene rings is 2. The van der Waals surface area contributed by atoms with E-state index >= 15 is 0 Å². The summed E-state index contributed by atoms with van der Waals surface area (Å²) in [5.74, 6) is 0.279. The molecule has 0 bridgehead atoms. The Bertz CT molecular complexity index is 612. The monoisotopic (exact) mass is 269 g/mol. The highest BCUT2D eigenvalue weighted by Gasteiger charge is 2.33. The molecule has 2 heteroatoms. The molecule has 2 rings (SSSR count). The number of carbonyl (C=O) groups excluding carboxylic acids is 1. The maximum atomic E-state index is 12.7. The van der Waals surface area contributed by atoms with Crippen molar-refractivity contribution >= 4 is 16.6 Å². The lowest BCUT2D eigenvalue weighted by Gasteiger charge is -2.34. The maximum Gasteiger partial charge on any atom is 0.157 e. The molecule has 2 aromatic rings. The Morgan fingerprint density at radius 3 is 2.40 bits per heavy atom. The van der Waals surface area contributed by atoms with Crippen LogP contribution < -0.4 is 0 Å². The summed E-state index contributed by atoms with van der Waals surface area (Å²) < 4.78 is 0. The molecule has 0 aliphatic carbocycles. The van der Waals surface area contributed by atoms with Crippen molar-refractivity contribution in [3.8, 4) is 0 Å². The standard InChI is InChI=1S/C18H23NO/c1-5-18(2,19(3)4)17(20)13-15-11-8-10-14-9-6-7-12-16(14)15/h6-12H,5,13H2,1-4H3. The lowest BCUT2D eigenvalue weighted by Crippen LogP contribution is -2.48. The van der Waals surface area contributed by atoms with Crippen LogP contribution in [0.5, 0.6) is 0 Å². The van der Waals surface area contributed by atoms with Gasteiger partial charge in [0.1, 0.15) is 0 Å². The summed E-state index contributed by atoms with van der Waals surface area (Å²) in [6.07, 6.45) is 1.31. The van der Waals surface area contributed by atoms with Gasteiger partial charge in [-0.15, -0.1) is 0 Å². The highest BCUT2D eigenvalue weighted by molar-refractivity contribution is 5.94. The van der Waals surface area contributed by atoms with Crippen LogP contribution in [0.1, 0.15) is 25.8 Å². The molecule has 0 saturated heterocycles. The van der Waals surface area contributed by atoms with E-state index in [1.54, 1.807) is 0 Å². The van der Waals surface area contributed by atoms with Crippen LogP contribution in [0.15, 0.2) is 42.5 Å². The van der Waals surface area contributed by atoms with Crippen molar-refractivity contribution in [2.24, 2.45) is 0 Å². The average Bonchev–Trinajstić information content (AvgIpc) is 2.46. The number of hydrogen-bond donors (Lipinski definition) is 0. The van der Waals surface area contributed by atoms with Gasteiger partial charge in [0.2, 0.25) is 0 Å². The van der Waals surface area contributed by atoms with Gasteiger partial charge >= 0.3 is 0 Å². The van der Waals surface area contributed by atoms with Gasteiger partial charge in [-0.2, -0.15) is 0 Å². The summed E-state index contributed by atoms with van der Waals surface area (Å²) >= 11 is 0. The van der Waals surface area contributed by atoms with Crippen LogP contribution in [0.25, 0.3) is 10.8 Å². The molecule has 1 unspecified atom stereocenters. The Kier molecular flexibility index (Phi) is 4.24. The Balaban J connectivity index is 2.35. The van der Waals surface area contributed by atoms with Gasteiger partial charge in [-0.1, -0.05) is 49.4 Å². The third-order valence-corrected chi connectivity index (χ3v) is 4.51. The topological polar surface area (TPSA) is 20.3 Å². The molecular formula is C18H23NO. The van der Waals surface area contributed by atoms with Gasteiger partial charge in [-0.3, -0.25) is 9.69 Å². The van der Waals surface area contributed by atoms with Gasteiger partial charge in [0.05, 0.1) is 5.54 Å². The number of likely N-dealkylation sites (N-methyl/N-ethyl adjacent to an activating group) is 1. The van der Waals surface area contributed by atoms with Gasteiger partial charge in [0.15, 0.2) is 5.78 Å². The van der Waals surface area contributed by atoms with E-state index in [4.69, 9.17) is 0 Å². The predicted octanol–water partition coefficient (Wildman–Crippen LogP) is 3.68. The fourth-order valence-corrected chi connectivity index (χ4v) is 2.57. The van der Waals surface area contributed by atoms with Crippen LogP contribution in [-0.2, 0) is 11.2 Å². The van der Waals surface area contributed by atoms with Crippen molar-refractivity contribution < 1.29 is 4.79 Å². The van der Waals surface area contributed by atoms with E-state index in [9.17, 15) is 4.79 Å². The number of Topliss-reactive ketones (excluding diaryl/α,β-unsaturated/α-hetero) is 1. The molecule has 0 aromatic heterocycles. The molecule has 0 aliphatic rings. The minimum absolute atomic E-state index is 0.279. The molecule has 0 aliphatic heterocycles. The maximum absolute atomic E-state index is 12.7. The second-order valence-corrected chi connectivity index (χ2v) is 5.76. The largest absolute Gasteiger partial charge is 0.297 e. The number of ketones is 1. The molecule has 1 atom stereocenters. The normalized spacial score (nSPS) is 14.4. The summed E-state index contributed by atoms with van der Waals surface area (Å²) in [6, 6.07) is 14.4. The molecule has 0 saturated carbocycles. The van der Waals surface area contributed by atoms with Crippen LogP contribution >= 0.6 is 0 Å². The first-order valence-corrected chi connectivity index (χ1v) is 7.16. The molecule has 2 aromatic carbocycles. The molecule has 2 nitrogen and oxygen atoms in total. The second-order valence-electron chi connectivity index (χ2n) is 5.76. The smallest absolute Gasteiger partial charge is 0.157 e. The fourth-order valence-electron chi connectivity index (χ4n) is 2.57. The highest BCUT2D eigenvalue weighted by atomic mass is 16.1. The predicted molar refractivity (Wildman–Crippen MR) is 85.0 cm³/mol. The first-order valence-electron chi connectivity index (χ1n) is 7.16. The molecule has 106 valence electrons. The Hall–Kier alpha value is -1.67. The van der Waals surface area contributed by atoms with Crippen molar-refractivity contribution in [2.45, 2.75) is 32.2 Å². The van der Waals surface area contributed by atoms with E-state index in [0.29, 0.717) is 6.42 Å². The molecule has 0 radical (unpaired) electrons. The lowest BCUT2D eigenvalue weighted by molar-refractivity contribution is -0.128. The second kappa shape index (κ2) is 5.76. The lowest BCUT2D eigenvalue weighted by atomic mass is 9.87. The molecule has 0 N–H and O–H groups in total. The number of rotatable bonds is 5. The van der Waals surface area contributed by atoms with E-state index in [1.165, 1.54) is 10.8 Å². The third kappa shape index (κ3) is 2.61. The number of fused-ring (bicyclic) bond motifs is 1. The molecule has 0 heterocycles. The summed E-state index contributed by atoms with van der Waals surface area (Å²) in [4.78, 5) is 14.7. The number of carbonyl (C=O) groups is 1. The number of hydrogen-bond acceptors (Lipinski definition) is 2. The van der Waals surface area contributed by atoms with Crippen LogP contribution in [0.2, 0.25) is 0 Å². The summed E-state index contributed by atoms with van der Waals surface area (Å²) in [7, 11) is 3.95. The molecule has 20 heavy (non-hydrogen) atoms. The Labute approximate surface area is 121 Å². The average molecular weight is 269 g/mol. The van der Waals surface area contributed by atoms with Crippen molar-refractivity contribution in [3.63, 3.8) is 0 Å². The van der Waals surface area contributed by atoms with Crippen LogP contribution in [0.4, 0.5) is 0 Å². The van der Waals surface area contributed by atoms with Gasteiger partial charge in [-0.05, 0) is 43.8 Å². The van der Waals surface area contributed by atoms with Crippen molar-refractivity contribution in [1.29, 1.82) is 0 Å². The highest BCUT2D eigenvalue weighted by Crippen LogP contribution is 2.24. The fraction of sp³-hybridized carbons (Fsp3) is 0.389. The summed E-state index contributed by atoms with van der Waals surface area (Å²) in [6.45, 7) is 4.10. The van der Waals surface area contributed by atoms with E-state index < -0.39 is 5.54 Å².